The standard InChI is InChI=1S/C20H18ClF3N4O2S/c1-12(30-16-8-4-6-14(21)10-16)18-26-27-19(28(18)2)31-11-17(29)25-15-7-3-5-13(9-15)20(22,23)24/h3-10,12H,11H2,1-2H3,(H,25,29). The molecule has 0 aliphatic carbocycles. The summed E-state index contributed by atoms with van der Waals surface area (Å²) in [5.41, 5.74) is -0.757. The fraction of sp³-hybridized carbons (Fsp3) is 0.250. The molecule has 1 amide bonds. The minimum absolute atomic E-state index is 0.0499. The van der Waals surface area contributed by atoms with Crippen LogP contribution < -0.4 is 10.1 Å². The fourth-order valence-electron chi connectivity index (χ4n) is 2.70. The Balaban J connectivity index is 1.59. The third kappa shape index (κ3) is 6.14. The molecule has 1 aromatic heterocycles. The number of anilines is 1. The number of carbonyl (C=O) groups is 1. The zero-order chi connectivity index (χ0) is 22.6. The molecule has 0 radical (unpaired) electrons. The predicted octanol–water partition coefficient (Wildman–Crippen LogP) is 5.36. The zero-order valence-corrected chi connectivity index (χ0v) is 18.1. The van der Waals surface area contributed by atoms with Crippen molar-refractivity contribution in [3.63, 3.8) is 0 Å². The van der Waals surface area contributed by atoms with Crippen LogP contribution in [0.4, 0.5) is 18.9 Å². The molecule has 0 aliphatic rings. The van der Waals surface area contributed by atoms with Crippen LogP contribution in [0.2, 0.25) is 5.02 Å². The van der Waals surface area contributed by atoms with Crippen LogP contribution in [0, 0.1) is 0 Å². The smallest absolute Gasteiger partial charge is 0.416 e. The van der Waals surface area contributed by atoms with E-state index in [-0.39, 0.29) is 11.4 Å². The second-order valence-corrected chi connectivity index (χ2v) is 7.91. The maximum Gasteiger partial charge on any atom is 0.416 e. The first-order valence-corrected chi connectivity index (χ1v) is 10.4. The maximum atomic E-state index is 12.8. The van der Waals surface area contributed by atoms with E-state index in [1.165, 1.54) is 12.1 Å². The van der Waals surface area contributed by atoms with Crippen molar-refractivity contribution in [3.8, 4) is 5.75 Å². The van der Waals surface area contributed by atoms with Crippen LogP contribution in [-0.2, 0) is 18.0 Å². The lowest BCUT2D eigenvalue weighted by atomic mass is 10.2. The number of benzene rings is 2. The normalized spacial score (nSPS) is 12.5. The van der Waals surface area contributed by atoms with Gasteiger partial charge in [0.2, 0.25) is 5.91 Å². The highest BCUT2D eigenvalue weighted by atomic mass is 35.5. The second kappa shape index (κ2) is 9.61. The lowest BCUT2D eigenvalue weighted by Crippen LogP contribution is -2.15. The van der Waals surface area contributed by atoms with Crippen molar-refractivity contribution in [2.75, 3.05) is 11.1 Å². The van der Waals surface area contributed by atoms with Crippen LogP contribution in [0.25, 0.3) is 0 Å². The van der Waals surface area contributed by atoms with Crippen molar-refractivity contribution < 1.29 is 22.7 Å². The highest BCUT2D eigenvalue weighted by Crippen LogP contribution is 2.31. The van der Waals surface area contributed by atoms with Crippen LogP contribution in [0.1, 0.15) is 24.4 Å². The van der Waals surface area contributed by atoms with Gasteiger partial charge in [0.05, 0.1) is 11.3 Å². The van der Waals surface area contributed by atoms with Crippen LogP contribution >= 0.6 is 23.4 Å². The lowest BCUT2D eigenvalue weighted by molar-refractivity contribution is -0.137. The van der Waals surface area contributed by atoms with Gasteiger partial charge in [-0.05, 0) is 43.3 Å². The topological polar surface area (TPSA) is 69.0 Å². The molecule has 6 nitrogen and oxygen atoms in total. The number of aromatic nitrogens is 3. The molecule has 1 heterocycles. The molecule has 0 fully saturated rings. The van der Waals surface area contributed by atoms with E-state index < -0.39 is 23.8 Å². The minimum atomic E-state index is -4.48. The first-order valence-electron chi connectivity index (χ1n) is 9.05. The molecule has 1 atom stereocenters. The summed E-state index contributed by atoms with van der Waals surface area (Å²) in [5.74, 6) is 0.613. The van der Waals surface area contributed by atoms with E-state index >= 15 is 0 Å². The Labute approximate surface area is 185 Å². The van der Waals surface area contributed by atoms with E-state index in [0.29, 0.717) is 21.8 Å². The van der Waals surface area contributed by atoms with Gasteiger partial charge in [-0.2, -0.15) is 13.2 Å². The van der Waals surface area contributed by atoms with Crippen molar-refractivity contribution in [1.82, 2.24) is 14.8 Å². The lowest BCUT2D eigenvalue weighted by Gasteiger charge is -2.14. The van der Waals surface area contributed by atoms with Crippen molar-refractivity contribution >= 4 is 35.0 Å². The number of thioether (sulfide) groups is 1. The molecule has 0 aliphatic heterocycles. The van der Waals surface area contributed by atoms with E-state index in [1.807, 2.05) is 0 Å². The van der Waals surface area contributed by atoms with Gasteiger partial charge in [-0.15, -0.1) is 10.2 Å². The first kappa shape index (κ1) is 23.0. The van der Waals surface area contributed by atoms with Gasteiger partial charge in [0.15, 0.2) is 17.1 Å². The average molecular weight is 471 g/mol. The van der Waals surface area contributed by atoms with Gasteiger partial charge in [0.1, 0.15) is 5.75 Å². The Morgan fingerprint density at radius 1 is 1.23 bits per heavy atom. The summed E-state index contributed by atoms with van der Waals surface area (Å²) in [6.45, 7) is 1.81. The molecule has 11 heteroatoms. The van der Waals surface area contributed by atoms with Crippen molar-refractivity contribution in [2.45, 2.75) is 24.4 Å². The second-order valence-electron chi connectivity index (χ2n) is 6.53. The predicted molar refractivity (Wildman–Crippen MR) is 112 cm³/mol. The van der Waals surface area contributed by atoms with Crippen molar-refractivity contribution in [2.24, 2.45) is 7.05 Å². The summed E-state index contributed by atoms with van der Waals surface area (Å²) >= 11 is 7.07. The fourth-order valence-corrected chi connectivity index (χ4v) is 3.60. The molecular weight excluding hydrogens is 453 g/mol. The van der Waals surface area contributed by atoms with Gasteiger partial charge in [-0.25, -0.2) is 0 Å². The van der Waals surface area contributed by atoms with Crippen LogP contribution in [-0.4, -0.2) is 26.4 Å². The molecule has 3 rings (SSSR count). The monoisotopic (exact) mass is 470 g/mol. The number of alkyl halides is 3. The van der Waals surface area contributed by atoms with Gasteiger partial charge in [-0.1, -0.05) is 35.5 Å². The molecule has 1 N–H and O–H groups in total. The number of hydrogen-bond acceptors (Lipinski definition) is 5. The summed E-state index contributed by atoms with van der Waals surface area (Å²) < 4.78 is 45.9. The van der Waals surface area contributed by atoms with Gasteiger partial charge >= 0.3 is 6.18 Å². The number of carbonyl (C=O) groups excluding carboxylic acids is 1. The van der Waals surface area contributed by atoms with Crippen molar-refractivity contribution in [3.05, 3.63) is 64.9 Å². The van der Waals surface area contributed by atoms with E-state index in [4.69, 9.17) is 16.3 Å². The number of rotatable bonds is 7. The largest absolute Gasteiger partial charge is 0.483 e. The number of nitrogens with zero attached hydrogens (tertiary/aromatic N) is 3. The molecule has 0 saturated carbocycles. The maximum absolute atomic E-state index is 12.8. The number of amides is 1. The number of hydrogen-bond donors (Lipinski definition) is 1. The molecule has 164 valence electrons. The summed E-state index contributed by atoms with van der Waals surface area (Å²) in [5, 5.41) is 11.6. The molecule has 31 heavy (non-hydrogen) atoms. The van der Waals surface area contributed by atoms with Crippen molar-refractivity contribution in [1.29, 1.82) is 0 Å². The molecule has 0 saturated heterocycles. The van der Waals surface area contributed by atoms with Gasteiger partial charge in [-0.3, -0.25) is 4.79 Å². The Morgan fingerprint density at radius 2 is 1.97 bits per heavy atom. The minimum Gasteiger partial charge on any atom is -0.483 e. The summed E-state index contributed by atoms with van der Waals surface area (Å²) in [7, 11) is 1.74. The van der Waals surface area contributed by atoms with E-state index in [2.05, 4.69) is 15.5 Å². The number of nitrogens with one attached hydrogen (secondary N) is 1. The molecule has 0 bridgehead atoms. The quantitative estimate of drug-likeness (QED) is 0.471. The molecule has 0 spiro atoms. The number of halogens is 4. The molecule has 3 aromatic rings. The highest BCUT2D eigenvalue weighted by Gasteiger charge is 2.30. The molecular formula is C20H18ClF3N4O2S. The Morgan fingerprint density at radius 3 is 2.68 bits per heavy atom. The van der Waals surface area contributed by atoms with Gasteiger partial charge in [0.25, 0.3) is 0 Å². The highest BCUT2D eigenvalue weighted by molar-refractivity contribution is 7.99. The van der Waals surface area contributed by atoms with Gasteiger partial charge in [0, 0.05) is 17.8 Å². The van der Waals surface area contributed by atoms with E-state index in [9.17, 15) is 18.0 Å². The summed E-state index contributed by atoms with van der Waals surface area (Å²) in [6.07, 6.45) is -4.90. The third-order valence-corrected chi connectivity index (χ3v) is 5.40. The first-order chi connectivity index (χ1) is 14.6. The van der Waals surface area contributed by atoms with Gasteiger partial charge < -0.3 is 14.6 Å². The van der Waals surface area contributed by atoms with Crippen LogP contribution in [0.15, 0.2) is 53.7 Å². The van der Waals surface area contributed by atoms with Crippen LogP contribution in [0.5, 0.6) is 5.75 Å². The SMILES string of the molecule is CC(Oc1cccc(Cl)c1)c1nnc(SCC(=O)Nc2cccc(C(F)(F)F)c2)n1C. The van der Waals surface area contributed by atoms with E-state index in [1.54, 1.807) is 42.8 Å². The Bertz CT molecular complexity index is 1070. The third-order valence-electron chi connectivity index (χ3n) is 4.15. The summed E-state index contributed by atoms with van der Waals surface area (Å²) in [6, 6.07) is 11.4. The molecule has 2 aromatic carbocycles. The Hall–Kier alpha value is -2.72. The zero-order valence-electron chi connectivity index (χ0n) is 16.5. The van der Waals surface area contributed by atoms with Crippen LogP contribution in [0.3, 0.4) is 0 Å². The number of ether oxygens (including phenoxy) is 1. The average Bonchev–Trinajstić information content (AvgIpc) is 3.06. The molecule has 1 unspecified atom stereocenters. The van der Waals surface area contributed by atoms with E-state index in [0.717, 1.165) is 23.9 Å². The Kier molecular flexibility index (Phi) is 7.11. The summed E-state index contributed by atoms with van der Waals surface area (Å²) in [4.78, 5) is 12.2.